The zero-order valence-corrected chi connectivity index (χ0v) is 12.4. The van der Waals surface area contributed by atoms with Gasteiger partial charge in [0.25, 0.3) is 5.91 Å². The van der Waals surface area contributed by atoms with Gasteiger partial charge in [0.15, 0.2) is 0 Å². The Balaban J connectivity index is 1.82. The SMILES string of the molecule is O=C1NCCc2ccc(-n3ccnc3-c3cccc(O)c3)cc21. The number of aromatic hydroxyl groups is 1. The van der Waals surface area contributed by atoms with E-state index in [1.165, 1.54) is 0 Å². The zero-order chi connectivity index (χ0) is 15.8. The number of imidazole rings is 1. The van der Waals surface area contributed by atoms with Crippen LogP contribution < -0.4 is 5.32 Å². The van der Waals surface area contributed by atoms with Crippen molar-refractivity contribution in [2.75, 3.05) is 6.54 Å². The summed E-state index contributed by atoms with van der Waals surface area (Å²) < 4.78 is 1.91. The number of nitrogens with zero attached hydrogens (tertiary/aromatic N) is 2. The van der Waals surface area contributed by atoms with E-state index < -0.39 is 0 Å². The number of phenolic OH excluding ortho intramolecular Hbond substituents is 1. The van der Waals surface area contributed by atoms with Gasteiger partial charge in [-0.2, -0.15) is 0 Å². The number of carbonyl (C=O) groups excluding carboxylic acids is 1. The number of carbonyl (C=O) groups is 1. The van der Waals surface area contributed by atoms with Crippen molar-refractivity contribution in [3.05, 3.63) is 66.0 Å². The molecule has 2 heterocycles. The quantitative estimate of drug-likeness (QED) is 0.764. The van der Waals surface area contributed by atoms with Gasteiger partial charge in [-0.15, -0.1) is 0 Å². The van der Waals surface area contributed by atoms with E-state index >= 15 is 0 Å². The molecule has 0 fully saturated rings. The third-order valence-corrected chi connectivity index (χ3v) is 4.04. The lowest BCUT2D eigenvalue weighted by Gasteiger charge is -2.18. The Morgan fingerprint density at radius 3 is 2.96 bits per heavy atom. The first-order chi connectivity index (χ1) is 11.2. The Hall–Kier alpha value is -3.08. The summed E-state index contributed by atoms with van der Waals surface area (Å²) in [7, 11) is 0. The maximum absolute atomic E-state index is 12.0. The summed E-state index contributed by atoms with van der Waals surface area (Å²) in [6.45, 7) is 0.685. The first-order valence-corrected chi connectivity index (χ1v) is 7.46. The lowest BCUT2D eigenvalue weighted by molar-refractivity contribution is 0.0946. The Bertz CT molecular complexity index is 899. The maximum Gasteiger partial charge on any atom is 0.251 e. The lowest BCUT2D eigenvalue weighted by Crippen LogP contribution is -2.31. The fraction of sp³-hybridized carbons (Fsp3) is 0.111. The molecule has 5 nitrogen and oxygen atoms in total. The average molecular weight is 305 g/mol. The molecular formula is C18H15N3O2. The summed E-state index contributed by atoms with van der Waals surface area (Å²) in [6, 6.07) is 12.8. The highest BCUT2D eigenvalue weighted by Gasteiger charge is 2.18. The van der Waals surface area contributed by atoms with Gasteiger partial charge in [-0.1, -0.05) is 18.2 Å². The number of nitrogens with one attached hydrogen (secondary N) is 1. The van der Waals surface area contributed by atoms with Crippen LogP contribution in [0.2, 0.25) is 0 Å². The molecule has 0 saturated heterocycles. The highest BCUT2D eigenvalue weighted by molar-refractivity contribution is 5.97. The third kappa shape index (κ3) is 2.36. The van der Waals surface area contributed by atoms with Crippen LogP contribution in [0.4, 0.5) is 0 Å². The van der Waals surface area contributed by atoms with Gasteiger partial charge in [0.05, 0.1) is 0 Å². The second-order valence-corrected chi connectivity index (χ2v) is 5.52. The summed E-state index contributed by atoms with van der Waals surface area (Å²) in [6.07, 6.45) is 4.41. The van der Waals surface area contributed by atoms with Crippen LogP contribution in [0.15, 0.2) is 54.9 Å². The molecule has 2 aromatic carbocycles. The highest BCUT2D eigenvalue weighted by Crippen LogP contribution is 2.26. The van der Waals surface area contributed by atoms with E-state index in [9.17, 15) is 9.90 Å². The minimum Gasteiger partial charge on any atom is -0.508 e. The molecule has 5 heteroatoms. The average Bonchev–Trinajstić information content (AvgIpc) is 3.05. The van der Waals surface area contributed by atoms with Crippen molar-refractivity contribution in [2.45, 2.75) is 6.42 Å². The lowest BCUT2D eigenvalue weighted by atomic mass is 9.99. The predicted octanol–water partition coefficient (Wildman–Crippen LogP) is 2.53. The van der Waals surface area contributed by atoms with Crippen molar-refractivity contribution < 1.29 is 9.90 Å². The molecule has 0 aliphatic carbocycles. The molecule has 3 aromatic rings. The molecule has 0 bridgehead atoms. The van der Waals surface area contributed by atoms with Crippen LogP contribution >= 0.6 is 0 Å². The van der Waals surface area contributed by atoms with Crippen LogP contribution in [0.25, 0.3) is 17.1 Å². The second-order valence-electron chi connectivity index (χ2n) is 5.52. The van der Waals surface area contributed by atoms with Crippen LogP contribution in [0.5, 0.6) is 5.75 Å². The van der Waals surface area contributed by atoms with Crippen LogP contribution in [0.3, 0.4) is 0 Å². The molecular weight excluding hydrogens is 290 g/mol. The van der Waals surface area contributed by atoms with Gasteiger partial charge >= 0.3 is 0 Å². The largest absolute Gasteiger partial charge is 0.508 e. The molecule has 0 atom stereocenters. The maximum atomic E-state index is 12.0. The molecule has 0 spiro atoms. The zero-order valence-electron chi connectivity index (χ0n) is 12.4. The molecule has 0 unspecified atom stereocenters. The van der Waals surface area contributed by atoms with Gasteiger partial charge in [-0.3, -0.25) is 9.36 Å². The minimum atomic E-state index is -0.0351. The van der Waals surface area contributed by atoms with Crippen molar-refractivity contribution in [2.24, 2.45) is 0 Å². The van der Waals surface area contributed by atoms with E-state index in [1.54, 1.807) is 24.4 Å². The number of aromatic nitrogens is 2. The first-order valence-electron chi connectivity index (χ1n) is 7.46. The number of rotatable bonds is 2. The van der Waals surface area contributed by atoms with E-state index in [2.05, 4.69) is 10.3 Å². The van der Waals surface area contributed by atoms with Crippen molar-refractivity contribution in [3.63, 3.8) is 0 Å². The van der Waals surface area contributed by atoms with Gasteiger partial charge in [-0.25, -0.2) is 4.98 Å². The first kappa shape index (κ1) is 13.6. The topological polar surface area (TPSA) is 67.2 Å². The molecule has 4 rings (SSSR count). The van der Waals surface area contributed by atoms with Crippen molar-refractivity contribution in [1.82, 2.24) is 14.9 Å². The van der Waals surface area contributed by atoms with Gasteiger partial charge in [0.1, 0.15) is 11.6 Å². The number of fused-ring (bicyclic) bond motifs is 1. The predicted molar refractivity (Wildman–Crippen MR) is 86.7 cm³/mol. The Kier molecular flexibility index (Phi) is 3.12. The molecule has 114 valence electrons. The Morgan fingerprint density at radius 1 is 1.17 bits per heavy atom. The number of benzene rings is 2. The monoisotopic (exact) mass is 305 g/mol. The van der Waals surface area contributed by atoms with Gasteiger partial charge in [0, 0.05) is 35.8 Å². The minimum absolute atomic E-state index is 0.0351. The number of hydrogen-bond acceptors (Lipinski definition) is 3. The van der Waals surface area contributed by atoms with Crippen molar-refractivity contribution >= 4 is 5.91 Å². The van der Waals surface area contributed by atoms with Gasteiger partial charge in [0.2, 0.25) is 0 Å². The van der Waals surface area contributed by atoms with Gasteiger partial charge < -0.3 is 10.4 Å². The molecule has 1 aromatic heterocycles. The summed E-state index contributed by atoms with van der Waals surface area (Å²) in [5, 5.41) is 12.5. The van der Waals surface area contributed by atoms with Crippen LogP contribution in [0.1, 0.15) is 15.9 Å². The van der Waals surface area contributed by atoms with Crippen molar-refractivity contribution in [3.8, 4) is 22.8 Å². The molecule has 0 saturated carbocycles. The normalized spacial score (nSPS) is 13.5. The molecule has 0 radical (unpaired) electrons. The fourth-order valence-corrected chi connectivity index (χ4v) is 2.92. The van der Waals surface area contributed by atoms with E-state index in [0.29, 0.717) is 12.1 Å². The van der Waals surface area contributed by atoms with Crippen LogP contribution in [0, 0.1) is 0 Å². The molecule has 2 N–H and O–H groups in total. The van der Waals surface area contributed by atoms with Crippen LogP contribution in [-0.4, -0.2) is 27.1 Å². The Morgan fingerprint density at radius 2 is 2.09 bits per heavy atom. The molecule has 1 aliphatic rings. The van der Waals surface area contributed by atoms with E-state index in [1.807, 2.05) is 35.0 Å². The summed E-state index contributed by atoms with van der Waals surface area (Å²) in [4.78, 5) is 16.4. The van der Waals surface area contributed by atoms with E-state index in [-0.39, 0.29) is 11.7 Å². The summed E-state index contributed by atoms with van der Waals surface area (Å²) in [5.41, 5.74) is 3.47. The van der Waals surface area contributed by atoms with E-state index in [0.717, 1.165) is 29.1 Å². The fourth-order valence-electron chi connectivity index (χ4n) is 2.92. The number of hydrogen-bond donors (Lipinski definition) is 2. The Labute approximate surface area is 133 Å². The second kappa shape index (κ2) is 5.28. The summed E-state index contributed by atoms with van der Waals surface area (Å²) >= 11 is 0. The smallest absolute Gasteiger partial charge is 0.251 e. The molecule has 23 heavy (non-hydrogen) atoms. The standard InChI is InChI=1S/C18H15N3O2/c22-15-3-1-2-13(10-15)17-19-8-9-21(17)14-5-4-12-6-7-20-18(23)16(12)11-14/h1-5,8-11,22H,6-7H2,(H,20,23). The van der Waals surface area contributed by atoms with Gasteiger partial charge in [-0.05, 0) is 36.2 Å². The van der Waals surface area contributed by atoms with E-state index in [4.69, 9.17) is 0 Å². The number of phenols is 1. The summed E-state index contributed by atoms with van der Waals surface area (Å²) in [5.74, 6) is 0.881. The van der Waals surface area contributed by atoms with Crippen molar-refractivity contribution in [1.29, 1.82) is 0 Å². The highest BCUT2D eigenvalue weighted by atomic mass is 16.3. The molecule has 1 aliphatic heterocycles. The molecule has 1 amide bonds. The van der Waals surface area contributed by atoms with Crippen LogP contribution in [-0.2, 0) is 6.42 Å². The number of amides is 1. The third-order valence-electron chi connectivity index (χ3n) is 4.04.